The average molecular weight is 230 g/mol. The van der Waals surface area contributed by atoms with Crippen LogP contribution in [0.15, 0.2) is 28.9 Å². The van der Waals surface area contributed by atoms with Crippen LogP contribution in [0.3, 0.4) is 0 Å². The Morgan fingerprint density at radius 3 is 2.94 bits per heavy atom. The van der Waals surface area contributed by atoms with E-state index in [-0.39, 0.29) is 6.04 Å². The molecule has 1 aliphatic carbocycles. The first-order valence-corrected chi connectivity index (χ1v) is 5.80. The third-order valence-corrected chi connectivity index (χ3v) is 2.91. The van der Waals surface area contributed by atoms with Gasteiger partial charge in [0, 0.05) is 12.1 Å². The van der Waals surface area contributed by atoms with Gasteiger partial charge >= 0.3 is 0 Å². The second kappa shape index (κ2) is 4.25. The summed E-state index contributed by atoms with van der Waals surface area (Å²) >= 11 is 0. The van der Waals surface area contributed by atoms with Gasteiger partial charge in [-0.3, -0.25) is 4.98 Å². The predicted molar refractivity (Wildman–Crippen MR) is 61.4 cm³/mol. The summed E-state index contributed by atoms with van der Waals surface area (Å²) in [5.41, 5.74) is 0.901. The summed E-state index contributed by atoms with van der Waals surface area (Å²) in [5.74, 6) is 1.90. The molecule has 3 rings (SSSR count). The molecule has 0 amide bonds. The highest BCUT2D eigenvalue weighted by Gasteiger charge is 2.31. The highest BCUT2D eigenvalue weighted by atomic mass is 16.5. The van der Waals surface area contributed by atoms with Crippen LogP contribution < -0.4 is 5.32 Å². The summed E-state index contributed by atoms with van der Waals surface area (Å²) in [7, 11) is 1.87. The maximum atomic E-state index is 5.26. The molecule has 2 heterocycles. The number of pyridine rings is 1. The molecular weight excluding hydrogens is 216 g/mol. The second-order valence-corrected chi connectivity index (χ2v) is 4.24. The molecule has 17 heavy (non-hydrogen) atoms. The molecule has 0 aromatic carbocycles. The molecule has 0 bridgehead atoms. The van der Waals surface area contributed by atoms with Crippen LogP contribution in [0.5, 0.6) is 0 Å². The minimum absolute atomic E-state index is 0.104. The van der Waals surface area contributed by atoms with Crippen molar-refractivity contribution in [1.29, 1.82) is 0 Å². The molecule has 0 radical (unpaired) electrons. The van der Waals surface area contributed by atoms with E-state index in [2.05, 4.69) is 20.4 Å². The van der Waals surface area contributed by atoms with Crippen molar-refractivity contribution >= 4 is 0 Å². The summed E-state index contributed by atoms with van der Waals surface area (Å²) in [4.78, 5) is 8.75. The number of nitrogens with one attached hydrogen (secondary N) is 1. The van der Waals surface area contributed by atoms with E-state index in [1.54, 1.807) is 6.20 Å². The Labute approximate surface area is 99.3 Å². The van der Waals surface area contributed by atoms with E-state index in [1.165, 1.54) is 0 Å². The minimum Gasteiger partial charge on any atom is -0.339 e. The van der Waals surface area contributed by atoms with Crippen LogP contribution in [0, 0.1) is 0 Å². The van der Waals surface area contributed by atoms with Crippen molar-refractivity contribution in [2.45, 2.75) is 24.8 Å². The molecule has 1 fully saturated rings. The van der Waals surface area contributed by atoms with Gasteiger partial charge in [0.25, 0.3) is 0 Å². The Balaban J connectivity index is 1.88. The zero-order chi connectivity index (χ0) is 11.7. The summed E-state index contributed by atoms with van der Waals surface area (Å²) in [6.07, 6.45) is 4.09. The van der Waals surface area contributed by atoms with Crippen LogP contribution >= 0.6 is 0 Å². The van der Waals surface area contributed by atoms with Crippen LogP contribution in [0.4, 0.5) is 0 Å². The zero-order valence-corrected chi connectivity index (χ0v) is 9.63. The molecule has 0 spiro atoms. The molecule has 1 N–H and O–H groups in total. The maximum Gasteiger partial charge on any atom is 0.229 e. The van der Waals surface area contributed by atoms with Crippen molar-refractivity contribution in [2.24, 2.45) is 0 Å². The number of hydrogen-bond acceptors (Lipinski definition) is 5. The molecule has 5 heteroatoms. The molecule has 0 aliphatic heterocycles. The average Bonchev–Trinajstić information content (AvgIpc) is 3.12. The van der Waals surface area contributed by atoms with Gasteiger partial charge in [-0.15, -0.1) is 0 Å². The summed E-state index contributed by atoms with van der Waals surface area (Å²) in [6.45, 7) is 0. The van der Waals surface area contributed by atoms with E-state index in [0.29, 0.717) is 11.7 Å². The fourth-order valence-electron chi connectivity index (χ4n) is 1.82. The molecule has 1 saturated carbocycles. The Bertz CT molecular complexity index is 492. The fourth-order valence-corrected chi connectivity index (χ4v) is 1.82. The van der Waals surface area contributed by atoms with Gasteiger partial charge in [0.05, 0.1) is 5.69 Å². The normalized spacial score (nSPS) is 17.0. The van der Waals surface area contributed by atoms with Gasteiger partial charge < -0.3 is 9.84 Å². The topological polar surface area (TPSA) is 63.8 Å². The van der Waals surface area contributed by atoms with Crippen LogP contribution in [0.1, 0.15) is 42.2 Å². The molecule has 0 saturated heterocycles. The Hall–Kier alpha value is -1.75. The van der Waals surface area contributed by atoms with Crippen molar-refractivity contribution < 1.29 is 4.52 Å². The monoisotopic (exact) mass is 230 g/mol. The first kappa shape index (κ1) is 10.4. The van der Waals surface area contributed by atoms with Gasteiger partial charge in [0.15, 0.2) is 5.82 Å². The predicted octanol–water partition coefficient (Wildman–Crippen LogP) is 1.65. The van der Waals surface area contributed by atoms with Crippen LogP contribution in [-0.2, 0) is 0 Å². The van der Waals surface area contributed by atoms with Gasteiger partial charge in [0.2, 0.25) is 5.89 Å². The summed E-state index contributed by atoms with van der Waals surface area (Å²) in [5, 5.41) is 7.20. The quantitative estimate of drug-likeness (QED) is 0.865. The third kappa shape index (κ3) is 2.06. The highest BCUT2D eigenvalue weighted by molar-refractivity contribution is 5.17. The van der Waals surface area contributed by atoms with Crippen molar-refractivity contribution in [3.05, 3.63) is 41.8 Å². The molecule has 2 aromatic rings. The lowest BCUT2D eigenvalue weighted by molar-refractivity contribution is 0.370. The van der Waals surface area contributed by atoms with E-state index >= 15 is 0 Å². The maximum absolute atomic E-state index is 5.26. The summed E-state index contributed by atoms with van der Waals surface area (Å²) < 4.78 is 5.26. The third-order valence-electron chi connectivity index (χ3n) is 2.91. The van der Waals surface area contributed by atoms with Gasteiger partial charge in [-0.1, -0.05) is 11.2 Å². The van der Waals surface area contributed by atoms with Gasteiger partial charge in [-0.25, -0.2) is 0 Å². The standard InChI is InChI=1S/C12H14N4O/c1-13-10(9-4-2-3-7-14-9)11-15-12(17-16-11)8-5-6-8/h2-4,7-8,10,13H,5-6H2,1H3/t10-/m0/s1. The van der Waals surface area contributed by atoms with E-state index in [4.69, 9.17) is 4.52 Å². The lowest BCUT2D eigenvalue weighted by atomic mass is 10.2. The van der Waals surface area contributed by atoms with Crippen LogP contribution in [0.2, 0.25) is 0 Å². The minimum atomic E-state index is -0.104. The van der Waals surface area contributed by atoms with Gasteiger partial charge in [0.1, 0.15) is 6.04 Å². The number of nitrogens with zero attached hydrogens (tertiary/aromatic N) is 3. The lowest BCUT2D eigenvalue weighted by Gasteiger charge is -2.10. The van der Waals surface area contributed by atoms with E-state index in [1.807, 2.05) is 25.2 Å². The Morgan fingerprint density at radius 1 is 1.41 bits per heavy atom. The highest BCUT2D eigenvalue weighted by Crippen LogP contribution is 2.39. The van der Waals surface area contributed by atoms with Crippen molar-refractivity contribution in [3.63, 3.8) is 0 Å². The molecule has 5 nitrogen and oxygen atoms in total. The van der Waals surface area contributed by atoms with Crippen molar-refractivity contribution in [1.82, 2.24) is 20.4 Å². The summed E-state index contributed by atoms with van der Waals surface area (Å²) in [6, 6.07) is 5.69. The zero-order valence-electron chi connectivity index (χ0n) is 9.63. The second-order valence-electron chi connectivity index (χ2n) is 4.24. The van der Waals surface area contributed by atoms with Crippen molar-refractivity contribution in [2.75, 3.05) is 7.05 Å². The van der Waals surface area contributed by atoms with Gasteiger partial charge in [-0.2, -0.15) is 4.98 Å². The number of rotatable bonds is 4. The Morgan fingerprint density at radius 2 is 2.29 bits per heavy atom. The fraction of sp³-hybridized carbons (Fsp3) is 0.417. The first-order valence-electron chi connectivity index (χ1n) is 5.80. The van der Waals surface area contributed by atoms with E-state index in [9.17, 15) is 0 Å². The SMILES string of the molecule is CN[C@@H](c1ccccn1)c1noc(C2CC2)n1. The molecular formula is C12H14N4O. The molecule has 1 atom stereocenters. The smallest absolute Gasteiger partial charge is 0.229 e. The van der Waals surface area contributed by atoms with Gasteiger partial charge in [-0.05, 0) is 32.0 Å². The van der Waals surface area contributed by atoms with E-state index < -0.39 is 0 Å². The first-order chi connectivity index (χ1) is 8.38. The number of aromatic nitrogens is 3. The molecule has 1 aliphatic rings. The van der Waals surface area contributed by atoms with Crippen molar-refractivity contribution in [3.8, 4) is 0 Å². The molecule has 2 aromatic heterocycles. The number of hydrogen-bond donors (Lipinski definition) is 1. The van der Waals surface area contributed by atoms with E-state index in [0.717, 1.165) is 24.4 Å². The Kier molecular flexibility index (Phi) is 2.60. The molecule has 0 unspecified atom stereocenters. The van der Waals surface area contributed by atoms with Crippen LogP contribution in [-0.4, -0.2) is 22.2 Å². The molecule has 88 valence electrons. The van der Waals surface area contributed by atoms with Crippen LogP contribution in [0.25, 0.3) is 0 Å². The largest absolute Gasteiger partial charge is 0.339 e. The lowest BCUT2D eigenvalue weighted by Crippen LogP contribution is -2.20.